The molecule has 0 atom stereocenters. The van der Waals surface area contributed by atoms with E-state index in [4.69, 9.17) is 23.2 Å². The quantitative estimate of drug-likeness (QED) is 0.867. The topological polar surface area (TPSA) is 40.5 Å². The summed E-state index contributed by atoms with van der Waals surface area (Å²) in [5.41, 5.74) is -0.124. The van der Waals surface area contributed by atoms with Crippen molar-refractivity contribution in [3.05, 3.63) is 39.9 Å². The summed E-state index contributed by atoms with van der Waals surface area (Å²) in [6, 6.07) is 5.13. The summed E-state index contributed by atoms with van der Waals surface area (Å²) < 4.78 is 0. The van der Waals surface area contributed by atoms with Crippen molar-refractivity contribution >= 4 is 35.2 Å². The number of aliphatic hydroxyl groups is 1. The number of benzene rings is 1. The molecule has 0 radical (unpaired) electrons. The van der Waals surface area contributed by atoms with Crippen molar-refractivity contribution in [3.8, 4) is 0 Å². The van der Waals surface area contributed by atoms with Gasteiger partial charge in [0.25, 0.3) is 0 Å². The Hall–Kier alpha value is -1.03. The predicted molar refractivity (Wildman–Crippen MR) is 79.4 cm³/mol. The molecule has 0 aliphatic rings. The van der Waals surface area contributed by atoms with Crippen molar-refractivity contribution in [1.29, 1.82) is 0 Å². The van der Waals surface area contributed by atoms with E-state index in [0.29, 0.717) is 10.0 Å². The Morgan fingerprint density at radius 1 is 1.37 bits per heavy atom. The third-order valence-electron chi connectivity index (χ3n) is 2.36. The first-order valence-electron chi connectivity index (χ1n) is 5.80. The Morgan fingerprint density at radius 2 is 2.00 bits per heavy atom. The maximum atomic E-state index is 11.8. The summed E-state index contributed by atoms with van der Waals surface area (Å²) in [5, 5.41) is 10.6. The lowest BCUT2D eigenvalue weighted by Crippen LogP contribution is -2.38. The lowest BCUT2D eigenvalue weighted by molar-refractivity contribution is -0.127. The van der Waals surface area contributed by atoms with E-state index >= 15 is 0 Å². The Balaban J connectivity index is 2.70. The lowest BCUT2D eigenvalue weighted by atomic mass is 10.1. The van der Waals surface area contributed by atoms with E-state index in [2.05, 4.69) is 0 Å². The van der Waals surface area contributed by atoms with Crippen molar-refractivity contribution in [2.75, 3.05) is 13.6 Å². The minimum atomic E-state index is -0.915. The normalized spacial score (nSPS) is 11.9. The Kier molecular flexibility index (Phi) is 5.41. The molecule has 5 heteroatoms. The second-order valence-electron chi connectivity index (χ2n) is 5.01. The number of nitrogens with zero attached hydrogens (tertiary/aromatic N) is 1. The fourth-order valence-corrected chi connectivity index (χ4v) is 1.88. The first-order valence-corrected chi connectivity index (χ1v) is 6.55. The summed E-state index contributed by atoms with van der Waals surface area (Å²) >= 11 is 11.7. The van der Waals surface area contributed by atoms with Crippen LogP contribution in [0.3, 0.4) is 0 Å². The molecular weight excluding hydrogens is 285 g/mol. The molecule has 1 N–H and O–H groups in total. The van der Waals surface area contributed by atoms with Crippen molar-refractivity contribution in [2.24, 2.45) is 0 Å². The molecule has 1 aromatic rings. The standard InChI is InChI=1S/C14H17Cl2NO2/c1-14(2,19)9-17(3)13(18)7-5-10-4-6-11(15)12(16)8-10/h4-8,19H,9H2,1-3H3. The SMILES string of the molecule is CN(CC(C)(C)O)C(=O)C=Cc1ccc(Cl)c(Cl)c1. The maximum absolute atomic E-state index is 11.8. The highest BCUT2D eigenvalue weighted by Crippen LogP contribution is 2.23. The number of likely N-dealkylation sites (N-methyl/N-ethyl adjacent to an activating group) is 1. The Labute approximate surface area is 123 Å². The van der Waals surface area contributed by atoms with Gasteiger partial charge in [-0.1, -0.05) is 29.3 Å². The van der Waals surface area contributed by atoms with Gasteiger partial charge in [-0.05, 0) is 37.6 Å². The van der Waals surface area contributed by atoms with Gasteiger partial charge in [0.1, 0.15) is 0 Å². The molecule has 0 fully saturated rings. The molecule has 0 bridgehead atoms. The average molecular weight is 302 g/mol. The van der Waals surface area contributed by atoms with Crippen molar-refractivity contribution in [2.45, 2.75) is 19.4 Å². The van der Waals surface area contributed by atoms with E-state index in [0.717, 1.165) is 5.56 Å². The van der Waals surface area contributed by atoms with Gasteiger partial charge in [0.2, 0.25) is 5.91 Å². The largest absolute Gasteiger partial charge is 0.389 e. The number of amides is 1. The zero-order valence-corrected chi connectivity index (χ0v) is 12.7. The zero-order chi connectivity index (χ0) is 14.6. The minimum Gasteiger partial charge on any atom is -0.389 e. The van der Waals surface area contributed by atoms with Crippen LogP contribution in [0.4, 0.5) is 0 Å². The van der Waals surface area contributed by atoms with Crippen LogP contribution in [-0.4, -0.2) is 35.1 Å². The molecule has 1 amide bonds. The number of carbonyl (C=O) groups excluding carboxylic acids is 1. The molecule has 0 spiro atoms. The highest BCUT2D eigenvalue weighted by atomic mass is 35.5. The summed E-state index contributed by atoms with van der Waals surface area (Å²) in [4.78, 5) is 13.3. The van der Waals surface area contributed by atoms with Gasteiger partial charge in [0.05, 0.1) is 15.6 Å². The fourth-order valence-electron chi connectivity index (χ4n) is 1.57. The predicted octanol–water partition coefficient (Wildman–Crippen LogP) is 3.24. The van der Waals surface area contributed by atoms with E-state index < -0.39 is 5.60 Å². The van der Waals surface area contributed by atoms with Gasteiger partial charge >= 0.3 is 0 Å². The van der Waals surface area contributed by atoms with E-state index in [1.165, 1.54) is 11.0 Å². The Bertz CT molecular complexity index is 493. The molecule has 3 nitrogen and oxygen atoms in total. The van der Waals surface area contributed by atoms with E-state index in [1.807, 2.05) is 0 Å². The summed E-state index contributed by atoms with van der Waals surface area (Å²) in [7, 11) is 1.64. The van der Waals surface area contributed by atoms with E-state index in [9.17, 15) is 9.90 Å². The lowest BCUT2D eigenvalue weighted by Gasteiger charge is -2.24. The molecule has 19 heavy (non-hydrogen) atoms. The second-order valence-corrected chi connectivity index (χ2v) is 5.83. The van der Waals surface area contributed by atoms with Gasteiger partial charge in [0, 0.05) is 19.7 Å². The van der Waals surface area contributed by atoms with Crippen LogP contribution in [0.25, 0.3) is 6.08 Å². The van der Waals surface area contributed by atoms with E-state index in [-0.39, 0.29) is 12.5 Å². The average Bonchev–Trinajstić information content (AvgIpc) is 2.28. The molecule has 0 aliphatic heterocycles. The van der Waals surface area contributed by atoms with Gasteiger partial charge in [-0.3, -0.25) is 4.79 Å². The van der Waals surface area contributed by atoms with Crippen LogP contribution in [0.15, 0.2) is 24.3 Å². The number of hydrogen-bond acceptors (Lipinski definition) is 2. The fraction of sp³-hybridized carbons (Fsp3) is 0.357. The summed E-state index contributed by atoms with van der Waals surface area (Å²) in [6.45, 7) is 3.57. The summed E-state index contributed by atoms with van der Waals surface area (Å²) in [6.07, 6.45) is 3.09. The van der Waals surface area contributed by atoms with Crippen LogP contribution in [-0.2, 0) is 4.79 Å². The van der Waals surface area contributed by atoms with Crippen LogP contribution >= 0.6 is 23.2 Å². The third kappa shape index (κ3) is 5.64. The highest BCUT2D eigenvalue weighted by Gasteiger charge is 2.17. The van der Waals surface area contributed by atoms with Gasteiger partial charge in [-0.2, -0.15) is 0 Å². The molecule has 1 rings (SSSR count). The smallest absolute Gasteiger partial charge is 0.246 e. The second kappa shape index (κ2) is 6.42. The molecule has 0 aliphatic carbocycles. The van der Waals surface area contributed by atoms with E-state index in [1.54, 1.807) is 45.2 Å². The molecule has 104 valence electrons. The molecule has 1 aromatic carbocycles. The van der Waals surface area contributed by atoms with Crippen molar-refractivity contribution in [3.63, 3.8) is 0 Å². The first kappa shape index (κ1) is 16.0. The van der Waals surface area contributed by atoms with Crippen molar-refractivity contribution < 1.29 is 9.90 Å². The molecule has 0 aromatic heterocycles. The van der Waals surface area contributed by atoms with Crippen molar-refractivity contribution in [1.82, 2.24) is 4.90 Å². The number of halogens is 2. The summed E-state index contributed by atoms with van der Waals surface area (Å²) in [5.74, 6) is -0.187. The third-order valence-corrected chi connectivity index (χ3v) is 3.10. The van der Waals surface area contributed by atoms with Gasteiger partial charge in [-0.25, -0.2) is 0 Å². The minimum absolute atomic E-state index is 0.187. The van der Waals surface area contributed by atoms with Gasteiger partial charge < -0.3 is 10.0 Å². The van der Waals surface area contributed by atoms with Crippen LogP contribution in [0, 0.1) is 0 Å². The number of carbonyl (C=O) groups is 1. The highest BCUT2D eigenvalue weighted by molar-refractivity contribution is 6.42. The van der Waals surface area contributed by atoms with Crippen LogP contribution < -0.4 is 0 Å². The van der Waals surface area contributed by atoms with Crippen LogP contribution in [0.2, 0.25) is 10.0 Å². The monoisotopic (exact) mass is 301 g/mol. The molecule has 0 saturated carbocycles. The molecule has 0 heterocycles. The van der Waals surface area contributed by atoms with Gasteiger partial charge in [-0.15, -0.1) is 0 Å². The maximum Gasteiger partial charge on any atom is 0.246 e. The van der Waals surface area contributed by atoms with Crippen LogP contribution in [0.5, 0.6) is 0 Å². The zero-order valence-electron chi connectivity index (χ0n) is 11.2. The van der Waals surface area contributed by atoms with Crippen LogP contribution in [0.1, 0.15) is 19.4 Å². The molecular formula is C14H17Cl2NO2. The first-order chi connectivity index (χ1) is 8.69. The number of hydrogen-bond donors (Lipinski definition) is 1. The molecule has 0 unspecified atom stereocenters. The van der Waals surface area contributed by atoms with Gasteiger partial charge in [0.15, 0.2) is 0 Å². The number of rotatable bonds is 4. The Morgan fingerprint density at radius 3 is 2.53 bits per heavy atom. The molecule has 0 saturated heterocycles.